The van der Waals surface area contributed by atoms with Gasteiger partial charge in [0.15, 0.2) is 0 Å². The highest BCUT2D eigenvalue weighted by atomic mass is 32.1. The van der Waals surface area contributed by atoms with Crippen LogP contribution in [0.2, 0.25) is 0 Å². The van der Waals surface area contributed by atoms with Gasteiger partial charge < -0.3 is 10.0 Å². The molecule has 7 nitrogen and oxygen atoms in total. The Morgan fingerprint density at radius 3 is 2.63 bits per heavy atom. The summed E-state index contributed by atoms with van der Waals surface area (Å²) in [7, 11) is 0. The Bertz CT molecular complexity index is 959. The average Bonchev–Trinajstić information content (AvgIpc) is 3.39. The molecule has 0 aliphatic carbocycles. The second-order valence-electron chi connectivity index (χ2n) is 6.44. The lowest BCUT2D eigenvalue weighted by atomic mass is 9.86. The molecular formula is C19H18N4O3S. The minimum absolute atomic E-state index is 0.0135. The van der Waals surface area contributed by atoms with Gasteiger partial charge in [0.2, 0.25) is 0 Å². The zero-order chi connectivity index (χ0) is 18.8. The number of aromatic carboxylic acids is 1. The number of hydrogen-bond acceptors (Lipinski definition) is 5. The lowest BCUT2D eigenvalue weighted by Gasteiger charge is -2.32. The summed E-state index contributed by atoms with van der Waals surface area (Å²) in [5, 5.41) is 19.1. The Morgan fingerprint density at radius 1 is 1.15 bits per heavy atom. The largest absolute Gasteiger partial charge is 0.478 e. The summed E-state index contributed by atoms with van der Waals surface area (Å²) in [6, 6.07) is 9.00. The average molecular weight is 382 g/mol. The molecule has 1 N–H and O–H groups in total. The minimum atomic E-state index is -0.903. The van der Waals surface area contributed by atoms with Gasteiger partial charge >= 0.3 is 5.97 Å². The molecule has 0 saturated carbocycles. The SMILES string of the molecule is O=C(O)c1ccccc1C1CCN(C(=O)c2sccc2-n2ccnn2)CC1. The van der Waals surface area contributed by atoms with E-state index in [0.29, 0.717) is 23.5 Å². The molecule has 3 aromatic rings. The molecule has 2 aromatic heterocycles. The number of amides is 1. The molecule has 8 heteroatoms. The zero-order valence-corrected chi connectivity index (χ0v) is 15.3. The number of carboxylic acids is 1. The number of nitrogens with zero attached hydrogens (tertiary/aromatic N) is 4. The molecule has 0 bridgehead atoms. The first-order chi connectivity index (χ1) is 13.1. The summed E-state index contributed by atoms with van der Waals surface area (Å²) in [6.07, 6.45) is 4.80. The van der Waals surface area contributed by atoms with Gasteiger partial charge in [0, 0.05) is 13.1 Å². The van der Waals surface area contributed by atoms with E-state index in [1.807, 2.05) is 28.5 Å². The van der Waals surface area contributed by atoms with Gasteiger partial charge in [-0.1, -0.05) is 23.4 Å². The van der Waals surface area contributed by atoms with E-state index >= 15 is 0 Å². The van der Waals surface area contributed by atoms with Gasteiger partial charge in [0.25, 0.3) is 5.91 Å². The summed E-state index contributed by atoms with van der Waals surface area (Å²) in [4.78, 5) is 26.9. The number of rotatable bonds is 4. The van der Waals surface area contributed by atoms with Crippen molar-refractivity contribution in [2.75, 3.05) is 13.1 Å². The molecule has 0 spiro atoms. The van der Waals surface area contributed by atoms with Crippen molar-refractivity contribution in [3.63, 3.8) is 0 Å². The van der Waals surface area contributed by atoms with Crippen LogP contribution in [0, 0.1) is 0 Å². The highest BCUT2D eigenvalue weighted by molar-refractivity contribution is 7.12. The van der Waals surface area contributed by atoms with E-state index in [-0.39, 0.29) is 11.8 Å². The van der Waals surface area contributed by atoms with Crippen molar-refractivity contribution >= 4 is 23.2 Å². The summed E-state index contributed by atoms with van der Waals surface area (Å²) in [5.41, 5.74) is 1.95. The van der Waals surface area contributed by atoms with Gasteiger partial charge in [-0.3, -0.25) is 4.79 Å². The van der Waals surface area contributed by atoms with E-state index in [1.165, 1.54) is 11.3 Å². The molecule has 1 aliphatic heterocycles. The second kappa shape index (κ2) is 7.32. The van der Waals surface area contributed by atoms with Gasteiger partial charge in [-0.05, 0) is 41.8 Å². The third-order valence-corrected chi connectivity index (χ3v) is 5.81. The van der Waals surface area contributed by atoms with Crippen LogP contribution in [-0.4, -0.2) is 50.0 Å². The maximum Gasteiger partial charge on any atom is 0.335 e. The number of aromatic nitrogens is 3. The fraction of sp³-hybridized carbons (Fsp3) is 0.263. The summed E-state index contributed by atoms with van der Waals surface area (Å²) in [6.45, 7) is 1.21. The number of piperidine rings is 1. The van der Waals surface area contributed by atoms with E-state index in [9.17, 15) is 14.7 Å². The molecule has 1 aromatic carbocycles. The summed E-state index contributed by atoms with van der Waals surface area (Å²) in [5.74, 6) is -0.764. The molecule has 1 saturated heterocycles. The number of likely N-dealkylation sites (tertiary alicyclic amines) is 1. The molecular weight excluding hydrogens is 364 g/mol. The van der Waals surface area contributed by atoms with Crippen molar-refractivity contribution in [1.29, 1.82) is 0 Å². The molecule has 0 radical (unpaired) electrons. The fourth-order valence-corrected chi connectivity index (χ4v) is 4.41. The van der Waals surface area contributed by atoms with Gasteiger partial charge in [0.1, 0.15) is 4.88 Å². The third kappa shape index (κ3) is 3.35. The predicted molar refractivity (Wildman–Crippen MR) is 101 cm³/mol. The topological polar surface area (TPSA) is 88.3 Å². The van der Waals surface area contributed by atoms with Crippen LogP contribution >= 0.6 is 11.3 Å². The number of carboxylic acid groups (broad SMARTS) is 1. The predicted octanol–water partition coefficient (Wildman–Crippen LogP) is 3.05. The molecule has 27 heavy (non-hydrogen) atoms. The van der Waals surface area contributed by atoms with Crippen molar-refractivity contribution in [2.45, 2.75) is 18.8 Å². The summed E-state index contributed by atoms with van der Waals surface area (Å²) >= 11 is 1.40. The normalized spacial score (nSPS) is 15.0. The Kier molecular flexibility index (Phi) is 4.72. The number of hydrogen-bond donors (Lipinski definition) is 1. The number of carbonyl (C=O) groups excluding carboxylic acids is 1. The smallest absolute Gasteiger partial charge is 0.335 e. The highest BCUT2D eigenvalue weighted by Gasteiger charge is 2.28. The molecule has 4 rings (SSSR count). The first kappa shape index (κ1) is 17.4. The number of carbonyl (C=O) groups is 2. The summed E-state index contributed by atoms with van der Waals surface area (Å²) < 4.78 is 1.60. The Balaban J connectivity index is 1.48. The number of thiophene rings is 1. The van der Waals surface area contributed by atoms with Crippen LogP contribution in [0.3, 0.4) is 0 Å². The Morgan fingerprint density at radius 2 is 1.93 bits per heavy atom. The molecule has 1 amide bonds. The highest BCUT2D eigenvalue weighted by Crippen LogP contribution is 2.32. The van der Waals surface area contributed by atoms with Gasteiger partial charge in [-0.2, -0.15) is 0 Å². The van der Waals surface area contributed by atoms with Crippen molar-refractivity contribution in [1.82, 2.24) is 19.9 Å². The van der Waals surface area contributed by atoms with Crippen molar-refractivity contribution in [3.05, 3.63) is 64.1 Å². The maximum absolute atomic E-state index is 13.0. The van der Waals surface area contributed by atoms with Gasteiger partial charge in [-0.25, -0.2) is 9.48 Å². The van der Waals surface area contributed by atoms with Gasteiger partial charge in [0.05, 0.1) is 23.6 Å². The van der Waals surface area contributed by atoms with Crippen molar-refractivity contribution in [3.8, 4) is 5.69 Å². The monoisotopic (exact) mass is 382 g/mol. The molecule has 138 valence electrons. The number of benzene rings is 1. The van der Waals surface area contributed by atoms with Crippen molar-refractivity contribution in [2.24, 2.45) is 0 Å². The molecule has 0 unspecified atom stereocenters. The van der Waals surface area contributed by atoms with Crippen LogP contribution in [0.5, 0.6) is 0 Å². The first-order valence-corrected chi connectivity index (χ1v) is 9.59. The zero-order valence-electron chi connectivity index (χ0n) is 14.5. The van der Waals surface area contributed by atoms with Crippen LogP contribution in [0.25, 0.3) is 5.69 Å². The third-order valence-electron chi connectivity index (χ3n) is 4.92. The lowest BCUT2D eigenvalue weighted by Crippen LogP contribution is -2.38. The van der Waals surface area contributed by atoms with Crippen LogP contribution in [-0.2, 0) is 0 Å². The van der Waals surface area contributed by atoms with E-state index in [1.54, 1.807) is 29.2 Å². The quantitative estimate of drug-likeness (QED) is 0.749. The second-order valence-corrected chi connectivity index (χ2v) is 7.36. The Hall–Kier alpha value is -3.00. The van der Waals surface area contributed by atoms with Crippen LogP contribution in [0.4, 0.5) is 0 Å². The van der Waals surface area contributed by atoms with E-state index in [4.69, 9.17) is 0 Å². The standard InChI is InChI=1S/C19H18N4O3S/c24-18(17-16(7-12-27-17)23-11-8-20-21-23)22-9-5-13(6-10-22)14-3-1-2-4-15(14)19(25)26/h1-4,7-8,11-13H,5-6,9-10H2,(H,25,26). The first-order valence-electron chi connectivity index (χ1n) is 8.71. The fourth-order valence-electron chi connectivity index (χ4n) is 3.56. The maximum atomic E-state index is 13.0. The van der Waals surface area contributed by atoms with Crippen molar-refractivity contribution < 1.29 is 14.7 Å². The van der Waals surface area contributed by atoms with Crippen LogP contribution in [0.1, 0.15) is 44.4 Å². The van der Waals surface area contributed by atoms with Gasteiger partial charge in [-0.15, -0.1) is 16.4 Å². The Labute approximate surface area is 159 Å². The lowest BCUT2D eigenvalue weighted by molar-refractivity contribution is 0.0681. The van der Waals surface area contributed by atoms with E-state index < -0.39 is 5.97 Å². The van der Waals surface area contributed by atoms with Crippen LogP contribution < -0.4 is 0 Å². The molecule has 0 atom stereocenters. The van der Waals surface area contributed by atoms with Crippen LogP contribution in [0.15, 0.2) is 48.1 Å². The molecule has 1 fully saturated rings. The molecule has 1 aliphatic rings. The molecule has 3 heterocycles. The van der Waals surface area contributed by atoms with E-state index in [2.05, 4.69) is 10.3 Å². The minimum Gasteiger partial charge on any atom is -0.478 e. The van der Waals surface area contributed by atoms with E-state index in [0.717, 1.165) is 24.1 Å².